The molecule has 1 aliphatic rings. The van der Waals surface area contributed by atoms with Crippen molar-refractivity contribution in [1.82, 2.24) is 15.5 Å². The van der Waals surface area contributed by atoms with Crippen molar-refractivity contribution >= 4 is 5.91 Å². The third-order valence-corrected chi connectivity index (χ3v) is 3.97. The average Bonchev–Trinajstić information content (AvgIpc) is 2.42. The van der Waals surface area contributed by atoms with Crippen molar-refractivity contribution in [3.05, 3.63) is 0 Å². The highest BCUT2D eigenvalue weighted by Crippen LogP contribution is 2.15. The summed E-state index contributed by atoms with van der Waals surface area (Å²) in [6, 6.07) is 0. The fraction of sp³-hybridized carbons (Fsp3) is 0.933. The fourth-order valence-electron chi connectivity index (χ4n) is 2.43. The third kappa shape index (κ3) is 6.92. The highest BCUT2D eigenvalue weighted by atomic mass is 16.1. The van der Waals surface area contributed by atoms with Crippen LogP contribution in [0, 0.1) is 11.8 Å². The Labute approximate surface area is 118 Å². The Kier molecular flexibility index (Phi) is 8.07. The Morgan fingerprint density at radius 3 is 2.68 bits per heavy atom. The molecule has 1 saturated heterocycles. The summed E-state index contributed by atoms with van der Waals surface area (Å²) in [5, 5.41) is 6.24. The maximum Gasteiger partial charge on any atom is 0.224 e. The van der Waals surface area contributed by atoms with Gasteiger partial charge < -0.3 is 15.5 Å². The molecule has 1 aliphatic heterocycles. The molecule has 0 spiro atoms. The van der Waals surface area contributed by atoms with E-state index in [1.165, 1.54) is 25.9 Å². The van der Waals surface area contributed by atoms with Crippen LogP contribution in [-0.2, 0) is 4.79 Å². The number of amides is 1. The summed E-state index contributed by atoms with van der Waals surface area (Å²) < 4.78 is 0. The Hall–Kier alpha value is -0.610. The largest absolute Gasteiger partial charge is 0.356 e. The average molecular weight is 269 g/mol. The topological polar surface area (TPSA) is 44.4 Å². The van der Waals surface area contributed by atoms with E-state index in [0.29, 0.717) is 0 Å². The lowest BCUT2D eigenvalue weighted by Gasteiger charge is -2.30. The van der Waals surface area contributed by atoms with Crippen molar-refractivity contribution in [1.29, 1.82) is 0 Å². The number of hydrogen-bond donors (Lipinski definition) is 2. The molecule has 0 bridgehead atoms. The smallest absolute Gasteiger partial charge is 0.224 e. The first-order valence-electron chi connectivity index (χ1n) is 7.84. The zero-order valence-corrected chi connectivity index (χ0v) is 12.9. The van der Waals surface area contributed by atoms with Crippen molar-refractivity contribution in [2.75, 3.05) is 39.3 Å². The summed E-state index contributed by atoms with van der Waals surface area (Å²) in [4.78, 5) is 14.3. The minimum Gasteiger partial charge on any atom is -0.356 e. The van der Waals surface area contributed by atoms with Gasteiger partial charge in [-0.3, -0.25) is 4.79 Å². The Balaban J connectivity index is 2.02. The zero-order chi connectivity index (χ0) is 14.1. The minimum atomic E-state index is 0.0655. The molecule has 1 fully saturated rings. The molecule has 2 N–H and O–H groups in total. The summed E-state index contributed by atoms with van der Waals surface area (Å²) in [6.07, 6.45) is 3.71. The lowest BCUT2D eigenvalue weighted by atomic mass is 9.99. The van der Waals surface area contributed by atoms with Gasteiger partial charge in [-0.2, -0.15) is 0 Å². The molecule has 1 unspecified atom stereocenters. The van der Waals surface area contributed by atoms with Crippen LogP contribution in [0.15, 0.2) is 0 Å². The molecule has 0 aromatic carbocycles. The maximum atomic E-state index is 11.8. The summed E-state index contributed by atoms with van der Waals surface area (Å²) in [5.74, 6) is 1.13. The molecule has 0 radical (unpaired) electrons. The van der Waals surface area contributed by atoms with Crippen LogP contribution < -0.4 is 10.6 Å². The second kappa shape index (κ2) is 9.32. The molecule has 112 valence electrons. The van der Waals surface area contributed by atoms with Crippen LogP contribution in [0.4, 0.5) is 0 Å². The van der Waals surface area contributed by atoms with E-state index in [4.69, 9.17) is 0 Å². The highest BCUT2D eigenvalue weighted by molar-refractivity contribution is 5.78. The number of nitrogens with one attached hydrogen (secondary N) is 2. The summed E-state index contributed by atoms with van der Waals surface area (Å²) >= 11 is 0. The number of rotatable bonds is 8. The van der Waals surface area contributed by atoms with Gasteiger partial charge in [0.2, 0.25) is 5.91 Å². The molecule has 0 saturated carbocycles. The standard InChI is InChI=1S/C15H31N3O/c1-4-16-12-14(3)15(19)17-8-5-9-18-10-6-13(2)7-11-18/h13-14,16H,4-12H2,1-3H3,(H,17,19). The lowest BCUT2D eigenvalue weighted by molar-refractivity contribution is -0.124. The van der Waals surface area contributed by atoms with E-state index in [1.807, 2.05) is 6.92 Å². The first-order chi connectivity index (χ1) is 9.13. The predicted octanol–water partition coefficient (Wildman–Crippen LogP) is 1.47. The Morgan fingerprint density at radius 1 is 1.37 bits per heavy atom. The summed E-state index contributed by atoms with van der Waals surface area (Å²) in [6.45, 7) is 12.4. The monoisotopic (exact) mass is 269 g/mol. The van der Waals surface area contributed by atoms with Crippen LogP contribution >= 0.6 is 0 Å². The SMILES string of the molecule is CCNCC(C)C(=O)NCCCN1CCC(C)CC1. The number of hydrogen-bond acceptors (Lipinski definition) is 3. The van der Waals surface area contributed by atoms with Gasteiger partial charge in [-0.05, 0) is 51.4 Å². The molecular formula is C15H31N3O. The number of carbonyl (C=O) groups is 1. The molecule has 0 aromatic heterocycles. The number of likely N-dealkylation sites (tertiary alicyclic amines) is 1. The van der Waals surface area contributed by atoms with Crippen molar-refractivity contribution < 1.29 is 4.79 Å². The van der Waals surface area contributed by atoms with Crippen molar-refractivity contribution in [2.24, 2.45) is 11.8 Å². The molecule has 4 nitrogen and oxygen atoms in total. The van der Waals surface area contributed by atoms with E-state index in [2.05, 4.69) is 29.4 Å². The molecule has 4 heteroatoms. The van der Waals surface area contributed by atoms with E-state index >= 15 is 0 Å². The first kappa shape index (κ1) is 16.4. The van der Waals surface area contributed by atoms with Crippen LogP contribution in [0.1, 0.15) is 40.0 Å². The molecule has 19 heavy (non-hydrogen) atoms. The van der Waals surface area contributed by atoms with Gasteiger partial charge in [0.25, 0.3) is 0 Å². The third-order valence-electron chi connectivity index (χ3n) is 3.97. The fourth-order valence-corrected chi connectivity index (χ4v) is 2.43. The second-order valence-electron chi connectivity index (χ2n) is 5.88. The van der Waals surface area contributed by atoms with E-state index < -0.39 is 0 Å². The molecule has 1 amide bonds. The van der Waals surface area contributed by atoms with Crippen LogP contribution in [0.2, 0.25) is 0 Å². The predicted molar refractivity (Wildman–Crippen MR) is 80.2 cm³/mol. The quantitative estimate of drug-likeness (QED) is 0.656. The van der Waals surface area contributed by atoms with E-state index in [1.54, 1.807) is 0 Å². The van der Waals surface area contributed by atoms with Crippen LogP contribution in [0.5, 0.6) is 0 Å². The minimum absolute atomic E-state index is 0.0655. The van der Waals surface area contributed by atoms with E-state index in [9.17, 15) is 4.79 Å². The van der Waals surface area contributed by atoms with Crippen molar-refractivity contribution in [2.45, 2.75) is 40.0 Å². The van der Waals surface area contributed by atoms with Gasteiger partial charge in [0.1, 0.15) is 0 Å². The molecule has 0 aromatic rings. The van der Waals surface area contributed by atoms with Gasteiger partial charge in [-0.1, -0.05) is 20.8 Å². The van der Waals surface area contributed by atoms with Gasteiger partial charge >= 0.3 is 0 Å². The molecule has 1 heterocycles. The van der Waals surface area contributed by atoms with Crippen LogP contribution in [0.3, 0.4) is 0 Å². The number of carbonyl (C=O) groups excluding carboxylic acids is 1. The van der Waals surface area contributed by atoms with Gasteiger partial charge in [0, 0.05) is 19.0 Å². The van der Waals surface area contributed by atoms with Gasteiger partial charge in [0.15, 0.2) is 0 Å². The molecule has 1 atom stereocenters. The van der Waals surface area contributed by atoms with E-state index in [-0.39, 0.29) is 11.8 Å². The number of nitrogens with zero attached hydrogens (tertiary/aromatic N) is 1. The Bertz CT molecular complexity index is 250. The lowest BCUT2D eigenvalue weighted by Crippen LogP contribution is -2.38. The summed E-state index contributed by atoms with van der Waals surface area (Å²) in [5.41, 5.74) is 0. The van der Waals surface area contributed by atoms with Gasteiger partial charge in [-0.15, -0.1) is 0 Å². The highest BCUT2D eigenvalue weighted by Gasteiger charge is 2.15. The van der Waals surface area contributed by atoms with Crippen LogP contribution in [-0.4, -0.2) is 50.1 Å². The Morgan fingerprint density at radius 2 is 2.05 bits per heavy atom. The van der Waals surface area contributed by atoms with Crippen LogP contribution in [0.25, 0.3) is 0 Å². The number of piperidine rings is 1. The van der Waals surface area contributed by atoms with Gasteiger partial charge in [0.05, 0.1) is 0 Å². The summed E-state index contributed by atoms with van der Waals surface area (Å²) in [7, 11) is 0. The first-order valence-corrected chi connectivity index (χ1v) is 7.84. The van der Waals surface area contributed by atoms with E-state index in [0.717, 1.165) is 38.5 Å². The van der Waals surface area contributed by atoms with Gasteiger partial charge in [-0.25, -0.2) is 0 Å². The maximum absolute atomic E-state index is 11.8. The normalized spacial score (nSPS) is 19.3. The zero-order valence-electron chi connectivity index (χ0n) is 12.9. The molecular weight excluding hydrogens is 238 g/mol. The van der Waals surface area contributed by atoms with Crippen molar-refractivity contribution in [3.63, 3.8) is 0 Å². The molecule has 0 aliphatic carbocycles. The molecule has 1 rings (SSSR count). The van der Waals surface area contributed by atoms with Crippen molar-refractivity contribution in [3.8, 4) is 0 Å². The second-order valence-corrected chi connectivity index (χ2v) is 5.88.